The molecule has 6 nitrogen and oxygen atoms in total. The number of benzene rings is 1. The van der Waals surface area contributed by atoms with E-state index in [0.717, 1.165) is 5.56 Å². The molecule has 0 aliphatic heterocycles. The Morgan fingerprint density at radius 2 is 2.00 bits per heavy atom. The lowest BCUT2D eigenvalue weighted by atomic mass is 10.2. The summed E-state index contributed by atoms with van der Waals surface area (Å²) < 4.78 is 10.4. The van der Waals surface area contributed by atoms with Crippen LogP contribution in [-0.4, -0.2) is 29.6 Å². The van der Waals surface area contributed by atoms with Crippen molar-refractivity contribution in [3.05, 3.63) is 52.1 Å². The summed E-state index contributed by atoms with van der Waals surface area (Å²) in [6.45, 7) is 2.96. The molecule has 0 unspecified atom stereocenters. The van der Waals surface area contributed by atoms with Crippen molar-refractivity contribution in [3.63, 3.8) is 0 Å². The first-order chi connectivity index (χ1) is 11.8. The second-order valence-corrected chi connectivity index (χ2v) is 6.03. The SMILES string of the molecule is Cc1cc(OCC(=O)O[C@H](C)C(=O)Nc2ccc(Cl)cn2)ccc1Cl. The fourth-order valence-corrected chi connectivity index (χ4v) is 2.04. The molecule has 2 aromatic rings. The minimum atomic E-state index is -1.000. The Hall–Kier alpha value is -2.31. The van der Waals surface area contributed by atoms with E-state index in [2.05, 4.69) is 10.3 Å². The number of pyridine rings is 1. The molecule has 2 rings (SSSR count). The number of carbonyl (C=O) groups excluding carboxylic acids is 2. The van der Waals surface area contributed by atoms with Crippen LogP contribution in [0, 0.1) is 6.92 Å². The Balaban J connectivity index is 1.81. The van der Waals surface area contributed by atoms with E-state index in [1.807, 2.05) is 6.92 Å². The molecule has 1 N–H and O–H groups in total. The molecule has 0 aliphatic carbocycles. The molecular weight excluding hydrogens is 367 g/mol. The van der Waals surface area contributed by atoms with Crippen LogP contribution in [0.3, 0.4) is 0 Å². The number of aromatic nitrogens is 1. The third kappa shape index (κ3) is 5.92. The highest BCUT2D eigenvalue weighted by molar-refractivity contribution is 6.31. The zero-order valence-electron chi connectivity index (χ0n) is 13.6. The van der Waals surface area contributed by atoms with Crippen molar-refractivity contribution >= 4 is 40.9 Å². The molecule has 0 saturated carbocycles. The molecule has 0 radical (unpaired) electrons. The van der Waals surface area contributed by atoms with Crippen LogP contribution >= 0.6 is 23.2 Å². The summed E-state index contributed by atoms with van der Waals surface area (Å²) in [5.41, 5.74) is 0.829. The number of hydrogen-bond acceptors (Lipinski definition) is 5. The molecule has 132 valence electrons. The van der Waals surface area contributed by atoms with E-state index in [9.17, 15) is 9.59 Å². The Bertz CT molecular complexity index is 766. The van der Waals surface area contributed by atoms with Gasteiger partial charge in [0.15, 0.2) is 12.7 Å². The summed E-state index contributed by atoms with van der Waals surface area (Å²) in [4.78, 5) is 27.7. The topological polar surface area (TPSA) is 77.5 Å². The van der Waals surface area contributed by atoms with E-state index >= 15 is 0 Å². The summed E-state index contributed by atoms with van der Waals surface area (Å²) >= 11 is 11.6. The number of nitrogens with one attached hydrogen (secondary N) is 1. The van der Waals surface area contributed by atoms with Gasteiger partial charge in [0.2, 0.25) is 0 Å². The second kappa shape index (κ2) is 8.69. The second-order valence-electron chi connectivity index (χ2n) is 5.18. The summed E-state index contributed by atoms with van der Waals surface area (Å²) in [5, 5.41) is 3.58. The number of hydrogen-bond donors (Lipinski definition) is 1. The van der Waals surface area contributed by atoms with Crippen LogP contribution in [0.5, 0.6) is 5.75 Å². The molecule has 1 aromatic carbocycles. The summed E-state index contributed by atoms with van der Waals surface area (Å²) in [5.74, 6) is -0.378. The predicted octanol–water partition coefficient (Wildman–Crippen LogP) is 3.65. The number of esters is 1. The number of amides is 1. The van der Waals surface area contributed by atoms with E-state index in [-0.39, 0.29) is 6.61 Å². The van der Waals surface area contributed by atoms with Gasteiger partial charge in [-0.3, -0.25) is 4.79 Å². The lowest BCUT2D eigenvalue weighted by Gasteiger charge is -2.13. The molecule has 1 amide bonds. The molecule has 0 bridgehead atoms. The van der Waals surface area contributed by atoms with Crippen molar-refractivity contribution in [2.45, 2.75) is 20.0 Å². The molecular formula is C17H16Cl2N2O4. The van der Waals surface area contributed by atoms with Gasteiger partial charge in [0, 0.05) is 11.2 Å². The maximum absolute atomic E-state index is 12.0. The highest BCUT2D eigenvalue weighted by atomic mass is 35.5. The average Bonchev–Trinajstić information content (AvgIpc) is 2.58. The van der Waals surface area contributed by atoms with Crippen molar-refractivity contribution in [1.82, 2.24) is 4.98 Å². The molecule has 0 saturated heterocycles. The molecule has 1 aromatic heterocycles. The molecule has 0 spiro atoms. The number of carbonyl (C=O) groups is 2. The maximum atomic E-state index is 12.0. The van der Waals surface area contributed by atoms with Gasteiger partial charge in [0.25, 0.3) is 5.91 Å². The van der Waals surface area contributed by atoms with Crippen LogP contribution in [0.1, 0.15) is 12.5 Å². The molecule has 8 heteroatoms. The van der Waals surface area contributed by atoms with E-state index in [4.69, 9.17) is 32.7 Å². The van der Waals surface area contributed by atoms with E-state index in [0.29, 0.717) is 21.6 Å². The van der Waals surface area contributed by atoms with Gasteiger partial charge in [0.1, 0.15) is 11.6 Å². The Morgan fingerprint density at radius 3 is 2.64 bits per heavy atom. The summed E-state index contributed by atoms with van der Waals surface area (Å²) in [7, 11) is 0. The lowest BCUT2D eigenvalue weighted by molar-refractivity contribution is -0.155. The fraction of sp³-hybridized carbons (Fsp3) is 0.235. The van der Waals surface area contributed by atoms with Crippen LogP contribution in [-0.2, 0) is 14.3 Å². The number of nitrogens with zero attached hydrogens (tertiary/aromatic N) is 1. The molecule has 0 aliphatic rings. The monoisotopic (exact) mass is 382 g/mol. The Morgan fingerprint density at radius 1 is 1.24 bits per heavy atom. The Kier molecular flexibility index (Phi) is 6.61. The van der Waals surface area contributed by atoms with Gasteiger partial charge in [-0.25, -0.2) is 9.78 Å². The van der Waals surface area contributed by atoms with Gasteiger partial charge >= 0.3 is 5.97 Å². The summed E-state index contributed by atoms with van der Waals surface area (Å²) in [6, 6.07) is 8.15. The normalized spacial score (nSPS) is 11.5. The zero-order valence-corrected chi connectivity index (χ0v) is 15.1. The zero-order chi connectivity index (χ0) is 18.4. The van der Waals surface area contributed by atoms with Crippen LogP contribution in [0.15, 0.2) is 36.5 Å². The quantitative estimate of drug-likeness (QED) is 0.771. The van der Waals surface area contributed by atoms with Crippen molar-refractivity contribution in [3.8, 4) is 5.75 Å². The van der Waals surface area contributed by atoms with Gasteiger partial charge < -0.3 is 14.8 Å². The average molecular weight is 383 g/mol. The van der Waals surface area contributed by atoms with Crippen LogP contribution in [0.4, 0.5) is 5.82 Å². The lowest BCUT2D eigenvalue weighted by Crippen LogP contribution is -2.31. The minimum Gasteiger partial charge on any atom is -0.482 e. The van der Waals surface area contributed by atoms with Gasteiger partial charge in [-0.15, -0.1) is 0 Å². The molecule has 1 atom stereocenters. The predicted molar refractivity (Wildman–Crippen MR) is 95.1 cm³/mol. The minimum absolute atomic E-state index is 0.310. The van der Waals surface area contributed by atoms with Crippen molar-refractivity contribution in [1.29, 1.82) is 0 Å². The molecule has 25 heavy (non-hydrogen) atoms. The Labute approximate surface area is 155 Å². The smallest absolute Gasteiger partial charge is 0.344 e. The number of anilines is 1. The van der Waals surface area contributed by atoms with Crippen molar-refractivity contribution in [2.24, 2.45) is 0 Å². The van der Waals surface area contributed by atoms with Gasteiger partial charge in [-0.2, -0.15) is 0 Å². The van der Waals surface area contributed by atoms with E-state index < -0.39 is 18.0 Å². The van der Waals surface area contributed by atoms with Gasteiger partial charge in [0.05, 0.1) is 5.02 Å². The van der Waals surface area contributed by atoms with Crippen molar-refractivity contribution < 1.29 is 19.1 Å². The first-order valence-electron chi connectivity index (χ1n) is 7.36. The number of rotatable bonds is 6. The first kappa shape index (κ1) is 19.0. The largest absolute Gasteiger partial charge is 0.482 e. The fourth-order valence-electron chi connectivity index (χ4n) is 1.81. The van der Waals surface area contributed by atoms with E-state index in [1.165, 1.54) is 13.1 Å². The highest BCUT2D eigenvalue weighted by Gasteiger charge is 2.18. The first-order valence-corrected chi connectivity index (χ1v) is 8.11. The number of aryl methyl sites for hydroxylation is 1. The summed E-state index contributed by atoms with van der Waals surface area (Å²) in [6.07, 6.45) is 0.399. The van der Waals surface area contributed by atoms with Crippen LogP contribution in [0.2, 0.25) is 10.0 Å². The van der Waals surface area contributed by atoms with Crippen LogP contribution < -0.4 is 10.1 Å². The third-order valence-electron chi connectivity index (χ3n) is 3.14. The highest BCUT2D eigenvalue weighted by Crippen LogP contribution is 2.21. The molecule has 0 fully saturated rings. The van der Waals surface area contributed by atoms with Gasteiger partial charge in [-0.1, -0.05) is 23.2 Å². The number of ether oxygens (including phenoxy) is 2. The van der Waals surface area contributed by atoms with Gasteiger partial charge in [-0.05, 0) is 49.7 Å². The third-order valence-corrected chi connectivity index (χ3v) is 3.79. The maximum Gasteiger partial charge on any atom is 0.344 e. The van der Waals surface area contributed by atoms with Crippen molar-refractivity contribution in [2.75, 3.05) is 11.9 Å². The molecule has 1 heterocycles. The standard InChI is InChI=1S/C17H16Cl2N2O4/c1-10-7-13(4-5-14(10)19)24-9-16(22)25-11(2)17(23)21-15-6-3-12(18)8-20-15/h3-8,11H,9H2,1-2H3,(H,20,21,23)/t11-/m1/s1. The van der Waals surface area contributed by atoms with Crippen LogP contribution in [0.25, 0.3) is 0 Å². The number of halogens is 2. The van der Waals surface area contributed by atoms with E-state index in [1.54, 1.807) is 30.3 Å².